The van der Waals surface area contributed by atoms with E-state index in [9.17, 15) is 4.79 Å². The Kier molecular flexibility index (Phi) is 4.83. The summed E-state index contributed by atoms with van der Waals surface area (Å²) >= 11 is 1.29. The molecule has 1 amide bonds. The molecular weight excluding hydrogens is 298 g/mol. The van der Waals surface area contributed by atoms with Gasteiger partial charge in [0.1, 0.15) is 22.2 Å². The van der Waals surface area contributed by atoms with Gasteiger partial charge in [0.25, 0.3) is 5.91 Å². The maximum Gasteiger partial charge on any atom is 0.277 e. The predicted octanol–water partition coefficient (Wildman–Crippen LogP) is 2.93. The lowest BCUT2D eigenvalue weighted by molar-refractivity contribution is 0.0957. The smallest absolute Gasteiger partial charge is 0.277 e. The molecule has 0 radical (unpaired) electrons. The molecule has 2 rings (SSSR count). The van der Waals surface area contributed by atoms with E-state index in [1.54, 1.807) is 6.92 Å². The lowest BCUT2D eigenvalue weighted by Crippen LogP contribution is -2.29. The third-order valence-electron chi connectivity index (χ3n) is 3.26. The third-order valence-corrected chi connectivity index (χ3v) is 4.39. The van der Waals surface area contributed by atoms with Gasteiger partial charge in [-0.1, -0.05) is 32.9 Å². The third kappa shape index (κ3) is 3.84. The lowest BCUT2D eigenvalue weighted by Gasteiger charge is -2.19. The van der Waals surface area contributed by atoms with Crippen molar-refractivity contribution in [2.75, 3.05) is 0 Å². The summed E-state index contributed by atoms with van der Waals surface area (Å²) in [7, 11) is 0. The van der Waals surface area contributed by atoms with Crippen LogP contribution in [0.15, 0.2) is 24.3 Å². The van der Waals surface area contributed by atoms with Crippen molar-refractivity contribution in [1.82, 2.24) is 10.4 Å². The van der Waals surface area contributed by atoms with Gasteiger partial charge in [-0.15, -0.1) is 11.3 Å². The molecule has 0 bridgehead atoms. The van der Waals surface area contributed by atoms with Gasteiger partial charge < -0.3 is 4.74 Å². The second kappa shape index (κ2) is 6.46. The number of carbonyl (C=O) groups is 1. The number of rotatable bonds is 4. The van der Waals surface area contributed by atoms with Crippen molar-refractivity contribution in [2.45, 2.75) is 39.7 Å². The van der Waals surface area contributed by atoms with Crippen molar-refractivity contribution >= 4 is 17.2 Å². The first-order valence-electron chi connectivity index (χ1n) is 7.02. The number of nitrogens with one attached hydrogen (secondary N) is 1. The minimum Gasteiger partial charge on any atom is -0.486 e. The Hall–Kier alpha value is -1.92. The average molecular weight is 319 g/mol. The van der Waals surface area contributed by atoms with Gasteiger partial charge in [-0.2, -0.15) is 0 Å². The van der Waals surface area contributed by atoms with Gasteiger partial charge in [0, 0.05) is 0 Å². The summed E-state index contributed by atoms with van der Waals surface area (Å²) in [5.74, 6) is 5.60. The van der Waals surface area contributed by atoms with Crippen LogP contribution in [0.3, 0.4) is 0 Å². The van der Waals surface area contributed by atoms with Gasteiger partial charge in [0.05, 0.1) is 5.69 Å². The van der Waals surface area contributed by atoms with Gasteiger partial charge in [-0.3, -0.25) is 10.2 Å². The van der Waals surface area contributed by atoms with E-state index in [0.29, 0.717) is 17.2 Å². The van der Waals surface area contributed by atoms with E-state index in [1.165, 1.54) is 16.9 Å². The molecule has 118 valence electrons. The van der Waals surface area contributed by atoms with E-state index in [1.807, 2.05) is 12.1 Å². The standard InChI is InChI=1S/C16H21N3O2S/c1-10-14(15(20)19-17)22-13(18-10)9-21-12-7-5-11(6-8-12)16(2,3)4/h5-8H,9,17H2,1-4H3,(H,19,20). The number of nitrogens with zero attached hydrogens (tertiary/aromatic N) is 1. The summed E-state index contributed by atoms with van der Waals surface area (Å²) in [4.78, 5) is 16.4. The van der Waals surface area contributed by atoms with Crippen LogP contribution in [0.4, 0.5) is 0 Å². The molecule has 0 saturated carbocycles. The lowest BCUT2D eigenvalue weighted by atomic mass is 9.87. The van der Waals surface area contributed by atoms with Crippen LogP contribution in [-0.2, 0) is 12.0 Å². The van der Waals surface area contributed by atoms with Crippen molar-refractivity contribution < 1.29 is 9.53 Å². The van der Waals surface area contributed by atoms with Crippen molar-refractivity contribution in [2.24, 2.45) is 5.84 Å². The van der Waals surface area contributed by atoms with Crippen LogP contribution in [0, 0.1) is 6.92 Å². The molecule has 0 unspecified atom stereocenters. The van der Waals surface area contributed by atoms with Crippen LogP contribution in [-0.4, -0.2) is 10.9 Å². The highest BCUT2D eigenvalue weighted by molar-refractivity contribution is 7.13. The average Bonchev–Trinajstić information content (AvgIpc) is 2.85. The van der Waals surface area contributed by atoms with E-state index in [0.717, 1.165) is 10.8 Å². The number of thiazole rings is 1. The Balaban J connectivity index is 2.03. The van der Waals surface area contributed by atoms with E-state index >= 15 is 0 Å². The van der Waals surface area contributed by atoms with E-state index in [4.69, 9.17) is 10.6 Å². The highest BCUT2D eigenvalue weighted by Crippen LogP contribution is 2.25. The molecule has 0 atom stereocenters. The van der Waals surface area contributed by atoms with Crippen LogP contribution in [0.2, 0.25) is 0 Å². The Morgan fingerprint density at radius 1 is 1.32 bits per heavy atom. The van der Waals surface area contributed by atoms with Gasteiger partial charge in [0.15, 0.2) is 0 Å². The van der Waals surface area contributed by atoms with Gasteiger partial charge in [-0.05, 0) is 30.0 Å². The summed E-state index contributed by atoms with van der Waals surface area (Å²) in [5.41, 5.74) is 4.16. The number of aromatic nitrogens is 1. The van der Waals surface area contributed by atoms with Crippen molar-refractivity contribution in [3.05, 3.63) is 45.4 Å². The molecule has 3 N–H and O–H groups in total. The number of hydrogen-bond donors (Lipinski definition) is 2. The number of carbonyl (C=O) groups excluding carboxylic acids is 1. The molecular formula is C16H21N3O2S. The van der Waals surface area contributed by atoms with Gasteiger partial charge in [0.2, 0.25) is 0 Å². The zero-order valence-corrected chi connectivity index (χ0v) is 14.1. The zero-order valence-electron chi connectivity index (χ0n) is 13.3. The fourth-order valence-corrected chi connectivity index (χ4v) is 2.87. The molecule has 1 heterocycles. The van der Waals surface area contributed by atoms with Crippen LogP contribution in [0.25, 0.3) is 0 Å². The number of ether oxygens (including phenoxy) is 1. The summed E-state index contributed by atoms with van der Waals surface area (Å²) in [6, 6.07) is 8.04. The van der Waals surface area contributed by atoms with Crippen molar-refractivity contribution in [3.8, 4) is 5.75 Å². The van der Waals surface area contributed by atoms with E-state index in [-0.39, 0.29) is 11.3 Å². The molecule has 0 saturated heterocycles. The highest BCUT2D eigenvalue weighted by Gasteiger charge is 2.15. The topological polar surface area (TPSA) is 77.2 Å². The normalized spacial score (nSPS) is 11.3. The molecule has 0 aliphatic rings. The van der Waals surface area contributed by atoms with Gasteiger partial charge >= 0.3 is 0 Å². The molecule has 6 heteroatoms. The maximum atomic E-state index is 11.5. The number of hydrogen-bond acceptors (Lipinski definition) is 5. The molecule has 0 aliphatic heterocycles. The molecule has 2 aromatic rings. The first-order chi connectivity index (χ1) is 10.3. The minimum atomic E-state index is -0.323. The fraction of sp³-hybridized carbons (Fsp3) is 0.375. The number of nitrogen functional groups attached to an aromatic ring is 1. The maximum absolute atomic E-state index is 11.5. The zero-order chi connectivity index (χ0) is 16.3. The second-order valence-corrected chi connectivity index (χ2v) is 7.14. The Bertz CT molecular complexity index is 657. The molecule has 0 fully saturated rings. The fourth-order valence-electron chi connectivity index (χ4n) is 1.99. The van der Waals surface area contributed by atoms with Gasteiger partial charge in [-0.25, -0.2) is 10.8 Å². The number of aryl methyl sites for hydroxylation is 1. The molecule has 1 aromatic carbocycles. The Labute approximate surface area is 134 Å². The Morgan fingerprint density at radius 3 is 2.50 bits per heavy atom. The minimum absolute atomic E-state index is 0.120. The van der Waals surface area contributed by atoms with Crippen molar-refractivity contribution in [3.63, 3.8) is 0 Å². The van der Waals surface area contributed by atoms with Crippen molar-refractivity contribution in [1.29, 1.82) is 0 Å². The largest absolute Gasteiger partial charge is 0.486 e. The molecule has 0 spiro atoms. The summed E-state index contributed by atoms with van der Waals surface area (Å²) in [5, 5.41) is 0.746. The van der Waals surface area contributed by atoms with Crippen LogP contribution < -0.4 is 16.0 Å². The SMILES string of the molecule is Cc1nc(COc2ccc(C(C)(C)C)cc2)sc1C(=O)NN. The van der Waals surface area contributed by atoms with Crippen LogP contribution in [0.1, 0.15) is 46.7 Å². The summed E-state index contributed by atoms with van der Waals surface area (Å²) in [6.45, 7) is 8.63. The number of nitrogens with two attached hydrogens (primary N) is 1. The molecule has 22 heavy (non-hydrogen) atoms. The number of amides is 1. The first kappa shape index (κ1) is 16.5. The second-order valence-electron chi connectivity index (χ2n) is 6.06. The number of benzene rings is 1. The predicted molar refractivity (Wildman–Crippen MR) is 88.0 cm³/mol. The first-order valence-corrected chi connectivity index (χ1v) is 7.83. The Morgan fingerprint density at radius 2 is 1.95 bits per heavy atom. The van der Waals surface area contributed by atoms with Crippen LogP contribution >= 0.6 is 11.3 Å². The van der Waals surface area contributed by atoms with E-state index < -0.39 is 0 Å². The summed E-state index contributed by atoms with van der Waals surface area (Å²) in [6.07, 6.45) is 0. The highest BCUT2D eigenvalue weighted by atomic mass is 32.1. The quantitative estimate of drug-likeness (QED) is 0.516. The van der Waals surface area contributed by atoms with Crippen LogP contribution in [0.5, 0.6) is 5.75 Å². The number of hydrazine groups is 1. The summed E-state index contributed by atoms with van der Waals surface area (Å²) < 4.78 is 5.73. The molecule has 5 nitrogen and oxygen atoms in total. The monoisotopic (exact) mass is 319 g/mol. The molecule has 0 aliphatic carbocycles. The van der Waals surface area contributed by atoms with E-state index in [2.05, 4.69) is 43.3 Å². The molecule has 1 aromatic heterocycles.